The summed E-state index contributed by atoms with van der Waals surface area (Å²) in [5, 5.41) is 0. The van der Waals surface area contributed by atoms with Gasteiger partial charge < -0.3 is 19.9 Å². The van der Waals surface area contributed by atoms with Gasteiger partial charge in [0.1, 0.15) is 0 Å². The van der Waals surface area contributed by atoms with Crippen molar-refractivity contribution in [2.24, 2.45) is 5.73 Å². The average molecular weight is 294 g/mol. The number of nitrogens with zero attached hydrogens (tertiary/aromatic N) is 1. The van der Waals surface area contributed by atoms with Crippen molar-refractivity contribution in [3.8, 4) is 11.5 Å². The van der Waals surface area contributed by atoms with E-state index in [0.717, 1.165) is 30.2 Å². The van der Waals surface area contributed by atoms with E-state index in [0.29, 0.717) is 6.54 Å². The zero-order valence-corrected chi connectivity index (χ0v) is 13.3. The summed E-state index contributed by atoms with van der Waals surface area (Å²) in [7, 11) is 3.32. The number of morpholine rings is 1. The van der Waals surface area contributed by atoms with Crippen LogP contribution in [0, 0.1) is 0 Å². The summed E-state index contributed by atoms with van der Waals surface area (Å²) in [6.45, 7) is 6.46. The molecule has 1 aliphatic heterocycles. The highest BCUT2D eigenvalue weighted by atomic mass is 16.5. The summed E-state index contributed by atoms with van der Waals surface area (Å²) in [5.41, 5.74) is 7.13. The van der Waals surface area contributed by atoms with Crippen LogP contribution < -0.4 is 15.2 Å². The molecular weight excluding hydrogens is 268 g/mol. The summed E-state index contributed by atoms with van der Waals surface area (Å²) in [6, 6.07) is 6.04. The minimum atomic E-state index is 0.101. The van der Waals surface area contributed by atoms with Crippen LogP contribution in [0.4, 0.5) is 0 Å². The van der Waals surface area contributed by atoms with Crippen molar-refractivity contribution in [1.29, 1.82) is 0 Å². The van der Waals surface area contributed by atoms with Crippen molar-refractivity contribution in [2.75, 3.05) is 33.9 Å². The van der Waals surface area contributed by atoms with Crippen LogP contribution in [0.1, 0.15) is 25.5 Å². The first kappa shape index (κ1) is 16.1. The first-order valence-corrected chi connectivity index (χ1v) is 7.41. The summed E-state index contributed by atoms with van der Waals surface area (Å²) in [4.78, 5) is 2.37. The van der Waals surface area contributed by atoms with Crippen LogP contribution in [-0.4, -0.2) is 51.0 Å². The van der Waals surface area contributed by atoms with E-state index in [-0.39, 0.29) is 18.2 Å². The summed E-state index contributed by atoms with van der Waals surface area (Å²) < 4.78 is 16.8. The van der Waals surface area contributed by atoms with Crippen molar-refractivity contribution >= 4 is 0 Å². The molecule has 1 saturated heterocycles. The number of hydrogen-bond acceptors (Lipinski definition) is 5. The summed E-state index contributed by atoms with van der Waals surface area (Å²) in [5.74, 6) is 1.50. The predicted octanol–water partition coefficient (Wildman–Crippen LogP) is 1.81. The molecule has 2 rings (SSSR count). The standard InChI is InChI=1S/C16H26N2O3/c1-11-9-18(10-12(2)21-11)14(8-17)13-6-5-7-15(19-3)16(13)20-4/h5-7,11-12,14H,8-10,17H2,1-4H3/t11-,12-,14-/m0/s1. The molecule has 0 aliphatic carbocycles. The van der Waals surface area contributed by atoms with Gasteiger partial charge in [-0.15, -0.1) is 0 Å². The maximum atomic E-state index is 6.06. The van der Waals surface area contributed by atoms with Gasteiger partial charge in [-0.05, 0) is 19.9 Å². The van der Waals surface area contributed by atoms with Crippen molar-refractivity contribution in [3.05, 3.63) is 23.8 Å². The maximum Gasteiger partial charge on any atom is 0.165 e. The Morgan fingerprint density at radius 2 is 1.90 bits per heavy atom. The van der Waals surface area contributed by atoms with E-state index >= 15 is 0 Å². The maximum absolute atomic E-state index is 6.06. The lowest BCUT2D eigenvalue weighted by Crippen LogP contribution is -2.48. The van der Waals surface area contributed by atoms with E-state index in [1.807, 2.05) is 12.1 Å². The molecule has 0 unspecified atom stereocenters. The summed E-state index contributed by atoms with van der Waals surface area (Å²) >= 11 is 0. The number of nitrogens with two attached hydrogens (primary N) is 1. The third-order valence-electron chi connectivity index (χ3n) is 3.90. The normalized spacial score (nSPS) is 24.6. The van der Waals surface area contributed by atoms with Gasteiger partial charge in [0, 0.05) is 25.2 Å². The first-order chi connectivity index (χ1) is 10.1. The SMILES string of the molecule is COc1cccc([C@H](CN)N2C[C@H](C)O[C@@H](C)C2)c1OC. The monoisotopic (exact) mass is 294 g/mol. The number of ether oxygens (including phenoxy) is 3. The molecule has 2 N–H and O–H groups in total. The third-order valence-corrected chi connectivity index (χ3v) is 3.90. The Kier molecular flexibility index (Phi) is 5.45. The smallest absolute Gasteiger partial charge is 0.165 e. The Labute approximate surface area is 127 Å². The van der Waals surface area contributed by atoms with E-state index in [4.69, 9.17) is 19.9 Å². The number of benzene rings is 1. The Bertz CT molecular complexity index is 457. The predicted molar refractivity (Wildman–Crippen MR) is 82.9 cm³/mol. The number of hydrogen-bond donors (Lipinski definition) is 1. The van der Waals surface area contributed by atoms with Crippen LogP contribution in [-0.2, 0) is 4.74 Å². The van der Waals surface area contributed by atoms with Crippen LogP contribution in [0.25, 0.3) is 0 Å². The molecule has 1 aliphatic rings. The number of methoxy groups -OCH3 is 2. The fourth-order valence-corrected chi connectivity index (χ4v) is 3.12. The molecule has 0 radical (unpaired) electrons. The first-order valence-electron chi connectivity index (χ1n) is 7.41. The molecule has 5 heteroatoms. The van der Waals surface area contributed by atoms with Crippen molar-refractivity contribution in [1.82, 2.24) is 4.90 Å². The second-order valence-electron chi connectivity index (χ2n) is 5.55. The van der Waals surface area contributed by atoms with Crippen LogP contribution in [0.5, 0.6) is 11.5 Å². The van der Waals surface area contributed by atoms with Crippen molar-refractivity contribution in [3.63, 3.8) is 0 Å². The lowest BCUT2D eigenvalue weighted by molar-refractivity contribution is -0.0801. The largest absolute Gasteiger partial charge is 0.493 e. The van der Waals surface area contributed by atoms with Gasteiger partial charge in [-0.3, -0.25) is 4.90 Å². The van der Waals surface area contributed by atoms with E-state index in [1.165, 1.54) is 0 Å². The van der Waals surface area contributed by atoms with E-state index < -0.39 is 0 Å². The molecule has 0 saturated carbocycles. The van der Waals surface area contributed by atoms with Gasteiger partial charge in [-0.1, -0.05) is 12.1 Å². The second kappa shape index (κ2) is 7.11. The molecule has 0 amide bonds. The molecule has 1 aromatic rings. The highest BCUT2D eigenvalue weighted by Gasteiger charge is 2.30. The number of rotatable bonds is 5. The third kappa shape index (κ3) is 3.48. The molecule has 1 fully saturated rings. The van der Waals surface area contributed by atoms with Crippen molar-refractivity contribution < 1.29 is 14.2 Å². The molecule has 5 nitrogen and oxygen atoms in total. The van der Waals surface area contributed by atoms with Gasteiger partial charge in [0.2, 0.25) is 0 Å². The Hall–Kier alpha value is -1.30. The van der Waals surface area contributed by atoms with Crippen LogP contribution in [0.3, 0.4) is 0 Å². The van der Waals surface area contributed by atoms with Gasteiger partial charge in [0.05, 0.1) is 32.5 Å². The lowest BCUT2D eigenvalue weighted by atomic mass is 10.0. The van der Waals surface area contributed by atoms with Crippen molar-refractivity contribution in [2.45, 2.75) is 32.1 Å². The van der Waals surface area contributed by atoms with Gasteiger partial charge in [0.25, 0.3) is 0 Å². The Morgan fingerprint density at radius 3 is 2.43 bits per heavy atom. The Morgan fingerprint density at radius 1 is 1.24 bits per heavy atom. The average Bonchev–Trinajstić information content (AvgIpc) is 2.46. The minimum absolute atomic E-state index is 0.101. The van der Waals surface area contributed by atoms with Gasteiger partial charge in [-0.2, -0.15) is 0 Å². The molecule has 0 spiro atoms. The van der Waals surface area contributed by atoms with Crippen LogP contribution in [0.2, 0.25) is 0 Å². The molecule has 1 heterocycles. The molecular formula is C16H26N2O3. The molecule has 0 bridgehead atoms. The van der Waals surface area contributed by atoms with Gasteiger partial charge >= 0.3 is 0 Å². The zero-order chi connectivity index (χ0) is 15.4. The second-order valence-corrected chi connectivity index (χ2v) is 5.55. The minimum Gasteiger partial charge on any atom is -0.493 e. The highest BCUT2D eigenvalue weighted by Crippen LogP contribution is 2.37. The fraction of sp³-hybridized carbons (Fsp3) is 0.625. The summed E-state index contributed by atoms with van der Waals surface area (Å²) in [6.07, 6.45) is 0.416. The van der Waals surface area contributed by atoms with Gasteiger partial charge in [0.15, 0.2) is 11.5 Å². The van der Waals surface area contributed by atoms with E-state index in [9.17, 15) is 0 Å². The quantitative estimate of drug-likeness (QED) is 0.897. The van der Waals surface area contributed by atoms with Crippen LogP contribution in [0.15, 0.2) is 18.2 Å². The Balaban J connectivity index is 2.32. The highest BCUT2D eigenvalue weighted by molar-refractivity contribution is 5.48. The molecule has 3 atom stereocenters. The zero-order valence-electron chi connectivity index (χ0n) is 13.3. The van der Waals surface area contributed by atoms with E-state index in [1.54, 1.807) is 14.2 Å². The van der Waals surface area contributed by atoms with E-state index in [2.05, 4.69) is 24.8 Å². The molecule has 0 aromatic heterocycles. The molecule has 118 valence electrons. The fourth-order valence-electron chi connectivity index (χ4n) is 3.12. The molecule has 1 aromatic carbocycles. The van der Waals surface area contributed by atoms with Gasteiger partial charge in [-0.25, -0.2) is 0 Å². The molecule has 21 heavy (non-hydrogen) atoms. The van der Waals surface area contributed by atoms with Crippen LogP contribution >= 0.6 is 0 Å². The number of para-hydroxylation sites is 1. The topological polar surface area (TPSA) is 57.0 Å². The lowest BCUT2D eigenvalue weighted by Gasteiger charge is -2.40.